The summed E-state index contributed by atoms with van der Waals surface area (Å²) in [5.41, 5.74) is 4.98. The normalized spacial score (nSPS) is 14.5. The van der Waals surface area contributed by atoms with Crippen molar-refractivity contribution in [1.82, 2.24) is 20.1 Å². The van der Waals surface area contributed by atoms with E-state index in [2.05, 4.69) is 69.0 Å². The number of piperazine rings is 1. The Morgan fingerprint density at radius 2 is 1.44 bits per heavy atom. The van der Waals surface area contributed by atoms with Crippen LogP contribution in [-0.2, 0) is 11.2 Å². The van der Waals surface area contributed by atoms with Crippen LogP contribution >= 0.6 is 11.6 Å². The quantitative estimate of drug-likeness (QED) is 0.193. The van der Waals surface area contributed by atoms with Crippen molar-refractivity contribution in [1.29, 1.82) is 0 Å². The maximum absolute atomic E-state index is 14.1. The highest BCUT2D eigenvalue weighted by atomic mass is 35.5. The van der Waals surface area contributed by atoms with E-state index in [0.29, 0.717) is 43.3 Å². The first-order valence-corrected chi connectivity index (χ1v) is 14.9. The van der Waals surface area contributed by atoms with Crippen molar-refractivity contribution in [2.24, 2.45) is 0 Å². The number of halogens is 1. The van der Waals surface area contributed by atoms with E-state index in [1.807, 2.05) is 47.5 Å². The molecule has 1 aliphatic rings. The molecule has 0 spiro atoms. The minimum Gasteiger partial charge on any atom is -0.361 e. The van der Waals surface area contributed by atoms with Crippen LogP contribution < -0.4 is 10.6 Å². The van der Waals surface area contributed by atoms with Gasteiger partial charge in [0.05, 0.1) is 6.04 Å². The van der Waals surface area contributed by atoms with Gasteiger partial charge in [-0.3, -0.25) is 9.69 Å². The van der Waals surface area contributed by atoms with E-state index in [1.165, 1.54) is 11.1 Å². The summed E-state index contributed by atoms with van der Waals surface area (Å²) in [7, 11) is 0. The zero-order valence-electron chi connectivity index (χ0n) is 23.7. The average Bonchev–Trinajstić information content (AvgIpc) is 3.44. The first-order chi connectivity index (χ1) is 21.0. The third-order valence-electron chi connectivity index (χ3n) is 8.01. The maximum Gasteiger partial charge on any atom is 0.319 e. The minimum absolute atomic E-state index is 0.0952. The lowest BCUT2D eigenvalue weighted by atomic mass is 9.96. The number of carbonyl (C=O) groups is 2. The first-order valence-electron chi connectivity index (χ1n) is 14.6. The molecule has 6 rings (SSSR count). The number of nitrogens with one attached hydrogen (secondary N) is 3. The lowest BCUT2D eigenvalue weighted by Gasteiger charge is -2.40. The predicted molar refractivity (Wildman–Crippen MR) is 172 cm³/mol. The van der Waals surface area contributed by atoms with Gasteiger partial charge in [-0.1, -0.05) is 96.5 Å². The summed E-state index contributed by atoms with van der Waals surface area (Å²) in [4.78, 5) is 34.8. The van der Waals surface area contributed by atoms with Gasteiger partial charge in [-0.2, -0.15) is 0 Å². The van der Waals surface area contributed by atoms with Crippen LogP contribution in [0.15, 0.2) is 115 Å². The van der Waals surface area contributed by atoms with Crippen molar-refractivity contribution in [3.8, 4) is 0 Å². The fraction of sp³-hybridized carbons (Fsp3) is 0.200. The van der Waals surface area contributed by atoms with Crippen molar-refractivity contribution in [2.75, 3.05) is 31.5 Å². The van der Waals surface area contributed by atoms with Gasteiger partial charge in [-0.05, 0) is 41.0 Å². The molecule has 8 heteroatoms. The van der Waals surface area contributed by atoms with E-state index in [1.54, 1.807) is 24.3 Å². The van der Waals surface area contributed by atoms with E-state index in [0.717, 1.165) is 16.5 Å². The fourth-order valence-corrected chi connectivity index (χ4v) is 6.11. The number of benzene rings is 4. The summed E-state index contributed by atoms with van der Waals surface area (Å²) in [6, 6.07) is 34.8. The highest BCUT2D eigenvalue weighted by Crippen LogP contribution is 2.30. The number of fused-ring (bicyclic) bond motifs is 1. The van der Waals surface area contributed by atoms with Crippen molar-refractivity contribution in [3.05, 3.63) is 137 Å². The van der Waals surface area contributed by atoms with Gasteiger partial charge in [0, 0.05) is 60.4 Å². The molecule has 2 heterocycles. The molecule has 3 N–H and O–H groups in total. The molecule has 0 saturated carbocycles. The number of urea groups is 1. The molecule has 7 nitrogen and oxygen atoms in total. The number of nitrogens with zero attached hydrogens (tertiary/aromatic N) is 2. The lowest BCUT2D eigenvalue weighted by molar-refractivity contribution is -0.135. The standard InChI is InChI=1S/C35H34ClN5O2/c36-28-14-9-15-29(23-28)38-35(43)39-32(22-27-24-37-31-17-8-7-16-30(27)31)34(42)41-20-18-40(19-21-41)33(25-10-3-1-4-11-25)26-12-5-2-6-13-26/h1-17,23-24,32-33,37H,18-22H2,(H2,38,39,43). The van der Waals surface area contributed by atoms with Crippen molar-refractivity contribution in [3.63, 3.8) is 0 Å². The summed E-state index contributed by atoms with van der Waals surface area (Å²) in [5, 5.41) is 7.34. The van der Waals surface area contributed by atoms with Crippen LogP contribution in [0.1, 0.15) is 22.7 Å². The van der Waals surface area contributed by atoms with Crippen LogP contribution in [-0.4, -0.2) is 58.9 Å². The van der Waals surface area contributed by atoms with Crippen molar-refractivity contribution >= 4 is 40.1 Å². The monoisotopic (exact) mass is 591 g/mol. The fourth-order valence-electron chi connectivity index (χ4n) is 5.92. The number of aromatic amines is 1. The molecule has 0 bridgehead atoms. The number of rotatable bonds is 8. The van der Waals surface area contributed by atoms with Crippen LogP contribution in [0, 0.1) is 0 Å². The second kappa shape index (κ2) is 13.2. The van der Waals surface area contributed by atoms with Gasteiger partial charge in [0.2, 0.25) is 5.91 Å². The molecule has 5 aromatic rings. The molecular weight excluding hydrogens is 558 g/mol. The average molecular weight is 592 g/mol. The molecule has 1 aromatic heterocycles. The number of carbonyl (C=O) groups excluding carboxylic acids is 2. The second-order valence-electron chi connectivity index (χ2n) is 10.8. The third kappa shape index (κ3) is 6.74. The molecule has 3 amide bonds. The van der Waals surface area contributed by atoms with Crippen LogP contribution in [0.5, 0.6) is 0 Å². The van der Waals surface area contributed by atoms with E-state index in [-0.39, 0.29) is 11.9 Å². The van der Waals surface area contributed by atoms with Gasteiger partial charge >= 0.3 is 6.03 Å². The van der Waals surface area contributed by atoms with Gasteiger partial charge in [0.25, 0.3) is 0 Å². The van der Waals surface area contributed by atoms with Crippen molar-refractivity contribution < 1.29 is 9.59 Å². The zero-order valence-corrected chi connectivity index (χ0v) is 24.5. The van der Waals surface area contributed by atoms with Gasteiger partial charge in [-0.15, -0.1) is 0 Å². The van der Waals surface area contributed by atoms with E-state index in [4.69, 9.17) is 11.6 Å². The Hall–Kier alpha value is -4.59. The molecule has 1 aliphatic heterocycles. The van der Waals surface area contributed by atoms with Crippen LogP contribution in [0.2, 0.25) is 5.02 Å². The summed E-state index contributed by atoms with van der Waals surface area (Å²) < 4.78 is 0. The van der Waals surface area contributed by atoms with E-state index >= 15 is 0 Å². The Bertz CT molecular complexity index is 1640. The van der Waals surface area contributed by atoms with Gasteiger partial charge in [0.15, 0.2) is 0 Å². The molecule has 0 radical (unpaired) electrons. The summed E-state index contributed by atoms with van der Waals surface area (Å²) in [5.74, 6) is -0.0952. The Kier molecular flexibility index (Phi) is 8.72. The molecular formula is C35H34ClN5O2. The summed E-state index contributed by atoms with van der Waals surface area (Å²) in [6.07, 6.45) is 2.28. The molecule has 0 aliphatic carbocycles. The lowest BCUT2D eigenvalue weighted by Crippen LogP contribution is -2.56. The van der Waals surface area contributed by atoms with Crippen molar-refractivity contribution in [2.45, 2.75) is 18.5 Å². The number of amides is 3. The van der Waals surface area contributed by atoms with Gasteiger partial charge in [-0.25, -0.2) is 4.79 Å². The molecule has 1 unspecified atom stereocenters. The van der Waals surface area contributed by atoms with Gasteiger partial charge in [0.1, 0.15) is 6.04 Å². The number of aromatic nitrogens is 1. The zero-order chi connectivity index (χ0) is 29.6. The van der Waals surface area contributed by atoms with Crippen LogP contribution in [0.4, 0.5) is 10.5 Å². The summed E-state index contributed by atoms with van der Waals surface area (Å²) >= 11 is 6.11. The largest absolute Gasteiger partial charge is 0.361 e. The van der Waals surface area contributed by atoms with Gasteiger partial charge < -0.3 is 20.5 Å². The molecule has 1 fully saturated rings. The van der Waals surface area contributed by atoms with Crippen LogP contribution in [0.25, 0.3) is 10.9 Å². The molecule has 218 valence electrons. The maximum atomic E-state index is 14.1. The molecule has 43 heavy (non-hydrogen) atoms. The van der Waals surface area contributed by atoms with Crippen LogP contribution in [0.3, 0.4) is 0 Å². The highest BCUT2D eigenvalue weighted by molar-refractivity contribution is 6.30. The third-order valence-corrected chi connectivity index (χ3v) is 8.24. The first kappa shape index (κ1) is 28.5. The van der Waals surface area contributed by atoms with E-state index < -0.39 is 12.1 Å². The molecule has 1 saturated heterocycles. The number of anilines is 1. The Balaban J connectivity index is 1.19. The van der Waals surface area contributed by atoms with E-state index in [9.17, 15) is 9.59 Å². The highest BCUT2D eigenvalue weighted by Gasteiger charge is 2.32. The number of H-pyrrole nitrogens is 1. The molecule has 1 atom stereocenters. The smallest absolute Gasteiger partial charge is 0.319 e. The Labute approximate surface area is 256 Å². The topological polar surface area (TPSA) is 80.5 Å². The number of hydrogen-bond acceptors (Lipinski definition) is 3. The number of para-hydroxylation sites is 1. The predicted octanol–water partition coefficient (Wildman–Crippen LogP) is 6.49. The summed E-state index contributed by atoms with van der Waals surface area (Å²) in [6.45, 7) is 2.57. The SMILES string of the molecule is O=C(Nc1cccc(Cl)c1)NC(Cc1c[nH]c2ccccc12)C(=O)N1CCN(C(c2ccccc2)c2ccccc2)CC1. The Morgan fingerprint density at radius 1 is 0.791 bits per heavy atom. The minimum atomic E-state index is -0.746. The second-order valence-corrected chi connectivity index (χ2v) is 11.2. The molecule has 4 aromatic carbocycles. The number of hydrogen-bond donors (Lipinski definition) is 3. The Morgan fingerprint density at radius 3 is 2.12 bits per heavy atom.